The van der Waals surface area contributed by atoms with E-state index < -0.39 is 0 Å². The van der Waals surface area contributed by atoms with E-state index in [0.29, 0.717) is 12.6 Å². The molecule has 1 N–H and O–H groups in total. The van der Waals surface area contributed by atoms with E-state index in [-0.39, 0.29) is 6.03 Å². The Balaban J connectivity index is 2.41. The van der Waals surface area contributed by atoms with Gasteiger partial charge in [-0.2, -0.15) is 0 Å². The van der Waals surface area contributed by atoms with Crippen LogP contribution in [-0.2, 0) is 0 Å². The van der Waals surface area contributed by atoms with Gasteiger partial charge in [0.15, 0.2) is 0 Å². The van der Waals surface area contributed by atoms with Crippen molar-refractivity contribution in [1.82, 2.24) is 15.1 Å². The van der Waals surface area contributed by atoms with Crippen molar-refractivity contribution < 1.29 is 4.79 Å². The monoisotopic (exact) mass is 213 g/mol. The van der Waals surface area contributed by atoms with Crippen LogP contribution in [0.5, 0.6) is 0 Å². The number of likely N-dealkylation sites (N-methyl/N-ethyl adjacent to an activating group) is 1. The second-order valence-electron chi connectivity index (χ2n) is 3.95. The molecule has 1 unspecified atom stereocenters. The van der Waals surface area contributed by atoms with E-state index in [9.17, 15) is 4.79 Å². The Labute approximate surface area is 92.6 Å². The average Bonchev–Trinajstić information content (AvgIpc) is 2.69. The van der Waals surface area contributed by atoms with E-state index in [1.165, 1.54) is 0 Å². The minimum atomic E-state index is 0.0900. The zero-order chi connectivity index (χ0) is 11.3. The molecule has 1 aliphatic heterocycles. The van der Waals surface area contributed by atoms with Gasteiger partial charge in [0.2, 0.25) is 0 Å². The van der Waals surface area contributed by atoms with E-state index in [0.717, 1.165) is 32.6 Å². The number of amides is 2. The molecule has 15 heavy (non-hydrogen) atoms. The Morgan fingerprint density at radius 2 is 2.07 bits per heavy atom. The quantitative estimate of drug-likeness (QED) is 0.760. The van der Waals surface area contributed by atoms with Crippen molar-refractivity contribution in [3.63, 3.8) is 0 Å². The maximum absolute atomic E-state index is 11.6. The molecule has 1 aliphatic rings. The lowest BCUT2D eigenvalue weighted by Gasteiger charge is -2.26. The van der Waals surface area contributed by atoms with Gasteiger partial charge in [-0.1, -0.05) is 13.8 Å². The minimum absolute atomic E-state index is 0.0900. The zero-order valence-corrected chi connectivity index (χ0v) is 10.1. The van der Waals surface area contributed by atoms with Gasteiger partial charge in [0.1, 0.15) is 0 Å². The predicted octanol–water partition coefficient (Wildman–Crippen LogP) is 1.13. The molecule has 2 amide bonds. The van der Waals surface area contributed by atoms with Crippen LogP contribution in [-0.4, -0.2) is 54.6 Å². The summed E-state index contributed by atoms with van der Waals surface area (Å²) >= 11 is 0. The summed E-state index contributed by atoms with van der Waals surface area (Å²) in [5.74, 6) is 0. The Bertz CT molecular complexity index is 204. The van der Waals surface area contributed by atoms with E-state index in [1.54, 1.807) is 0 Å². The van der Waals surface area contributed by atoms with E-state index >= 15 is 0 Å². The van der Waals surface area contributed by atoms with Gasteiger partial charge in [0.05, 0.1) is 0 Å². The summed E-state index contributed by atoms with van der Waals surface area (Å²) in [5.41, 5.74) is 0. The van der Waals surface area contributed by atoms with Crippen molar-refractivity contribution in [2.24, 2.45) is 0 Å². The molecule has 0 aromatic heterocycles. The smallest absolute Gasteiger partial charge is 0.317 e. The molecule has 4 heteroatoms. The highest BCUT2D eigenvalue weighted by Crippen LogP contribution is 2.15. The number of nitrogens with one attached hydrogen (secondary N) is 1. The number of hydrogen-bond acceptors (Lipinski definition) is 2. The van der Waals surface area contributed by atoms with E-state index in [4.69, 9.17) is 0 Å². The van der Waals surface area contributed by atoms with Gasteiger partial charge in [0.25, 0.3) is 0 Å². The summed E-state index contributed by atoms with van der Waals surface area (Å²) in [5, 5.41) is 2.85. The Morgan fingerprint density at radius 1 is 1.40 bits per heavy atom. The minimum Gasteiger partial charge on any atom is -0.338 e. The van der Waals surface area contributed by atoms with E-state index in [1.807, 2.05) is 11.8 Å². The molecule has 88 valence electrons. The lowest BCUT2D eigenvalue weighted by molar-refractivity contribution is 0.193. The molecule has 0 aliphatic carbocycles. The topological polar surface area (TPSA) is 35.6 Å². The first-order valence-corrected chi connectivity index (χ1v) is 5.99. The van der Waals surface area contributed by atoms with Crippen molar-refractivity contribution in [1.29, 1.82) is 0 Å². The van der Waals surface area contributed by atoms with Crippen LogP contribution in [0.2, 0.25) is 0 Å². The van der Waals surface area contributed by atoms with Crippen LogP contribution in [0.15, 0.2) is 0 Å². The van der Waals surface area contributed by atoms with Gasteiger partial charge in [-0.3, -0.25) is 4.90 Å². The fraction of sp³-hybridized carbons (Fsp3) is 0.909. The number of nitrogens with zero attached hydrogens (tertiary/aromatic N) is 2. The summed E-state index contributed by atoms with van der Waals surface area (Å²) in [7, 11) is 0. The Kier molecular flexibility index (Phi) is 4.88. The van der Waals surface area contributed by atoms with Gasteiger partial charge >= 0.3 is 6.03 Å². The highest BCUT2D eigenvalue weighted by atomic mass is 16.2. The zero-order valence-electron chi connectivity index (χ0n) is 10.1. The molecule has 0 bridgehead atoms. The van der Waals surface area contributed by atoms with Crippen LogP contribution in [0.4, 0.5) is 4.79 Å². The molecule has 0 aromatic carbocycles. The normalized spacial score (nSPS) is 21.1. The molecular formula is C11H23N3O. The fourth-order valence-corrected chi connectivity index (χ4v) is 2.23. The second-order valence-corrected chi connectivity index (χ2v) is 3.95. The molecule has 0 saturated carbocycles. The fourth-order valence-electron chi connectivity index (χ4n) is 2.23. The highest BCUT2D eigenvalue weighted by molar-refractivity contribution is 5.74. The van der Waals surface area contributed by atoms with Crippen molar-refractivity contribution >= 4 is 6.03 Å². The predicted molar refractivity (Wildman–Crippen MR) is 62.0 cm³/mol. The largest absolute Gasteiger partial charge is 0.338 e. The summed E-state index contributed by atoms with van der Waals surface area (Å²) in [4.78, 5) is 15.9. The van der Waals surface area contributed by atoms with Crippen LogP contribution < -0.4 is 5.32 Å². The second kappa shape index (κ2) is 5.95. The maximum atomic E-state index is 11.6. The number of hydrogen-bond donors (Lipinski definition) is 1. The third-order valence-corrected chi connectivity index (χ3v) is 3.11. The lowest BCUT2D eigenvalue weighted by Crippen LogP contribution is -2.42. The average molecular weight is 213 g/mol. The number of likely N-dealkylation sites (tertiary alicyclic amines) is 1. The summed E-state index contributed by atoms with van der Waals surface area (Å²) in [6.45, 7) is 11.0. The van der Waals surface area contributed by atoms with Gasteiger partial charge < -0.3 is 10.2 Å². The molecule has 0 radical (unpaired) electrons. The SMILES string of the molecule is CCNC(=O)N1CCC(N(CC)CC)C1. The van der Waals surface area contributed by atoms with Crippen molar-refractivity contribution in [3.8, 4) is 0 Å². The summed E-state index contributed by atoms with van der Waals surface area (Å²) in [6, 6.07) is 0.648. The molecule has 1 rings (SSSR count). The third kappa shape index (κ3) is 3.09. The number of urea groups is 1. The first-order chi connectivity index (χ1) is 7.22. The van der Waals surface area contributed by atoms with Gasteiger partial charge in [-0.15, -0.1) is 0 Å². The van der Waals surface area contributed by atoms with Gasteiger partial charge in [0, 0.05) is 25.7 Å². The van der Waals surface area contributed by atoms with Crippen LogP contribution in [0.25, 0.3) is 0 Å². The molecular weight excluding hydrogens is 190 g/mol. The molecule has 1 atom stereocenters. The molecule has 1 saturated heterocycles. The van der Waals surface area contributed by atoms with Crippen LogP contribution in [0.3, 0.4) is 0 Å². The van der Waals surface area contributed by atoms with Crippen molar-refractivity contribution in [2.75, 3.05) is 32.7 Å². The molecule has 0 spiro atoms. The van der Waals surface area contributed by atoms with Crippen LogP contribution in [0.1, 0.15) is 27.2 Å². The van der Waals surface area contributed by atoms with Crippen LogP contribution in [0, 0.1) is 0 Å². The molecule has 4 nitrogen and oxygen atoms in total. The molecule has 1 fully saturated rings. The standard InChI is InChI=1S/C11H23N3O/c1-4-12-11(15)14-8-7-10(9-14)13(5-2)6-3/h10H,4-9H2,1-3H3,(H,12,15). The Hall–Kier alpha value is -0.770. The number of rotatable bonds is 4. The first-order valence-electron chi connectivity index (χ1n) is 5.99. The highest BCUT2D eigenvalue weighted by Gasteiger charge is 2.28. The first kappa shape index (κ1) is 12.3. The summed E-state index contributed by atoms with van der Waals surface area (Å²) in [6.07, 6.45) is 1.11. The van der Waals surface area contributed by atoms with Crippen LogP contribution >= 0.6 is 0 Å². The number of carbonyl (C=O) groups is 1. The van der Waals surface area contributed by atoms with Crippen molar-refractivity contribution in [3.05, 3.63) is 0 Å². The van der Waals surface area contributed by atoms with Crippen molar-refractivity contribution in [2.45, 2.75) is 33.2 Å². The third-order valence-electron chi connectivity index (χ3n) is 3.11. The molecule has 0 aromatic rings. The van der Waals surface area contributed by atoms with Gasteiger partial charge in [-0.05, 0) is 26.4 Å². The number of carbonyl (C=O) groups excluding carboxylic acids is 1. The summed E-state index contributed by atoms with van der Waals surface area (Å²) < 4.78 is 0. The van der Waals surface area contributed by atoms with E-state index in [2.05, 4.69) is 24.1 Å². The van der Waals surface area contributed by atoms with Gasteiger partial charge in [-0.25, -0.2) is 4.79 Å². The maximum Gasteiger partial charge on any atom is 0.317 e. The Morgan fingerprint density at radius 3 is 2.60 bits per heavy atom. The molecule has 1 heterocycles. The lowest BCUT2D eigenvalue weighted by atomic mass is 10.2.